The van der Waals surface area contributed by atoms with E-state index in [-0.39, 0.29) is 11.6 Å². The highest BCUT2D eigenvalue weighted by Crippen LogP contribution is 2.17. The second kappa shape index (κ2) is 10.9. The molecule has 0 radical (unpaired) electrons. The van der Waals surface area contributed by atoms with E-state index in [1.807, 2.05) is 0 Å². The number of hydrogen-bond acceptors (Lipinski definition) is 4. The molecule has 1 aliphatic heterocycles. The monoisotopic (exact) mass is 426 g/mol. The summed E-state index contributed by atoms with van der Waals surface area (Å²) in [5.41, 5.74) is 1.23. The smallest absolute Gasteiger partial charge is 0.191 e. The molecule has 0 bridgehead atoms. The molecule has 1 unspecified atom stereocenters. The van der Waals surface area contributed by atoms with E-state index in [4.69, 9.17) is 0 Å². The molecule has 1 aromatic carbocycles. The number of benzene rings is 1. The third kappa shape index (κ3) is 8.70. The van der Waals surface area contributed by atoms with E-state index >= 15 is 0 Å². The predicted molar refractivity (Wildman–Crippen MR) is 117 cm³/mol. The van der Waals surface area contributed by atoms with Crippen LogP contribution in [0.4, 0.5) is 4.39 Å². The zero-order valence-electron chi connectivity index (χ0n) is 18.0. The summed E-state index contributed by atoms with van der Waals surface area (Å²) in [4.78, 5) is 6.78. The van der Waals surface area contributed by atoms with E-state index in [0.717, 1.165) is 19.6 Å². The Labute approximate surface area is 174 Å². The van der Waals surface area contributed by atoms with Crippen LogP contribution in [0.25, 0.3) is 0 Å². The van der Waals surface area contributed by atoms with Crippen molar-refractivity contribution in [2.75, 3.05) is 39.5 Å². The Kier molecular flexibility index (Phi) is 8.89. The van der Waals surface area contributed by atoms with Gasteiger partial charge < -0.3 is 15.5 Å². The minimum Gasteiger partial charge on any atom is -0.356 e. The first kappa shape index (κ1) is 23.6. The number of nitrogens with zero attached hydrogens (tertiary/aromatic N) is 2. The maximum atomic E-state index is 13.7. The quantitative estimate of drug-likeness (QED) is 0.493. The van der Waals surface area contributed by atoms with Crippen LogP contribution in [0.1, 0.15) is 37.8 Å². The number of sulfone groups is 1. The Morgan fingerprint density at radius 3 is 2.72 bits per heavy atom. The Morgan fingerprint density at radius 2 is 2.07 bits per heavy atom. The first-order chi connectivity index (χ1) is 13.7. The second-order valence-corrected chi connectivity index (χ2v) is 10.6. The lowest BCUT2D eigenvalue weighted by Gasteiger charge is -2.34. The Balaban J connectivity index is 1.90. The number of piperidine rings is 1. The number of likely N-dealkylation sites (tertiary alicyclic amines) is 1. The van der Waals surface area contributed by atoms with Crippen LogP contribution in [0.3, 0.4) is 0 Å². The fourth-order valence-electron chi connectivity index (χ4n) is 3.82. The number of rotatable bonds is 8. The van der Waals surface area contributed by atoms with Crippen molar-refractivity contribution in [1.29, 1.82) is 0 Å². The highest BCUT2D eigenvalue weighted by Gasteiger charge is 2.20. The van der Waals surface area contributed by atoms with Crippen LogP contribution in [0.15, 0.2) is 23.2 Å². The molecule has 0 spiro atoms. The third-order valence-electron chi connectivity index (χ3n) is 5.04. The summed E-state index contributed by atoms with van der Waals surface area (Å²) in [6.07, 6.45) is 3.59. The molecule has 29 heavy (non-hydrogen) atoms. The highest BCUT2D eigenvalue weighted by molar-refractivity contribution is 7.89. The standard InChI is InChI=1S/C21H35FN4O2S/c1-16(2)13-26-9-5-6-17(14-26)11-24-21(23-3)25-12-19-10-20(22)8-7-18(19)15-29(4,27)28/h7-8,10,16-17H,5-6,9,11-15H2,1-4H3,(H2,23,24,25). The van der Waals surface area contributed by atoms with E-state index in [1.165, 1.54) is 43.8 Å². The Hall–Kier alpha value is -1.67. The van der Waals surface area contributed by atoms with Crippen molar-refractivity contribution in [3.05, 3.63) is 35.1 Å². The van der Waals surface area contributed by atoms with Crippen molar-refractivity contribution in [1.82, 2.24) is 15.5 Å². The first-order valence-corrected chi connectivity index (χ1v) is 12.3. The van der Waals surface area contributed by atoms with Gasteiger partial charge in [-0.05, 0) is 54.5 Å². The van der Waals surface area contributed by atoms with Crippen molar-refractivity contribution in [2.24, 2.45) is 16.8 Å². The number of halogens is 1. The molecule has 1 atom stereocenters. The topological polar surface area (TPSA) is 73.8 Å². The zero-order chi connectivity index (χ0) is 21.4. The van der Waals surface area contributed by atoms with E-state index in [2.05, 4.69) is 34.4 Å². The maximum absolute atomic E-state index is 13.7. The summed E-state index contributed by atoms with van der Waals surface area (Å²) in [6, 6.07) is 4.21. The van der Waals surface area contributed by atoms with Crippen LogP contribution in [0.2, 0.25) is 0 Å². The SMILES string of the molecule is CN=C(NCc1cc(F)ccc1CS(C)(=O)=O)NCC1CCCN(CC(C)C)C1. The molecule has 8 heteroatoms. The average molecular weight is 427 g/mol. The second-order valence-electron chi connectivity index (χ2n) is 8.45. The normalized spacial score (nSPS) is 18.8. The molecule has 0 aromatic heterocycles. The molecule has 1 heterocycles. The number of aliphatic imine (C=N–C) groups is 1. The van der Waals surface area contributed by atoms with Gasteiger partial charge >= 0.3 is 0 Å². The van der Waals surface area contributed by atoms with Gasteiger partial charge in [0.2, 0.25) is 0 Å². The summed E-state index contributed by atoms with van der Waals surface area (Å²) in [7, 11) is -1.50. The number of hydrogen-bond donors (Lipinski definition) is 2. The lowest BCUT2D eigenvalue weighted by atomic mass is 9.97. The van der Waals surface area contributed by atoms with Crippen molar-refractivity contribution in [2.45, 2.75) is 39.0 Å². The molecule has 0 amide bonds. The Morgan fingerprint density at radius 1 is 1.31 bits per heavy atom. The van der Waals surface area contributed by atoms with Gasteiger partial charge in [-0.1, -0.05) is 19.9 Å². The van der Waals surface area contributed by atoms with Crippen molar-refractivity contribution < 1.29 is 12.8 Å². The van der Waals surface area contributed by atoms with Crippen molar-refractivity contribution in [3.63, 3.8) is 0 Å². The predicted octanol–water partition coefficient (Wildman–Crippen LogP) is 2.40. The molecular formula is C21H35FN4O2S. The molecule has 1 aliphatic rings. The van der Waals surface area contributed by atoms with Gasteiger partial charge in [0.15, 0.2) is 15.8 Å². The van der Waals surface area contributed by atoms with Crippen LogP contribution >= 0.6 is 0 Å². The molecule has 2 N–H and O–H groups in total. The van der Waals surface area contributed by atoms with Gasteiger partial charge in [-0.15, -0.1) is 0 Å². The largest absolute Gasteiger partial charge is 0.356 e. The molecule has 164 valence electrons. The molecular weight excluding hydrogens is 391 g/mol. The summed E-state index contributed by atoms with van der Waals surface area (Å²) in [6.45, 7) is 9.03. The highest BCUT2D eigenvalue weighted by atomic mass is 32.2. The minimum atomic E-state index is -3.20. The molecule has 0 saturated carbocycles. The summed E-state index contributed by atoms with van der Waals surface area (Å²) >= 11 is 0. The molecule has 1 fully saturated rings. The van der Waals surface area contributed by atoms with Gasteiger partial charge in [-0.2, -0.15) is 0 Å². The number of nitrogens with one attached hydrogen (secondary N) is 2. The van der Waals surface area contributed by atoms with E-state index in [9.17, 15) is 12.8 Å². The van der Waals surface area contributed by atoms with Gasteiger partial charge in [0.05, 0.1) is 5.75 Å². The zero-order valence-corrected chi connectivity index (χ0v) is 18.9. The average Bonchev–Trinajstić information content (AvgIpc) is 2.62. The van der Waals surface area contributed by atoms with Gasteiger partial charge in [0.1, 0.15) is 5.82 Å². The van der Waals surface area contributed by atoms with E-state index < -0.39 is 9.84 Å². The molecule has 1 saturated heterocycles. The fourth-order valence-corrected chi connectivity index (χ4v) is 4.67. The van der Waals surface area contributed by atoms with Gasteiger partial charge in [-0.3, -0.25) is 4.99 Å². The van der Waals surface area contributed by atoms with Crippen LogP contribution in [-0.2, 0) is 22.1 Å². The minimum absolute atomic E-state index is 0.107. The lowest BCUT2D eigenvalue weighted by molar-refractivity contribution is 0.159. The Bertz CT molecular complexity index is 796. The first-order valence-electron chi connectivity index (χ1n) is 10.3. The van der Waals surface area contributed by atoms with Crippen LogP contribution in [-0.4, -0.2) is 58.8 Å². The molecule has 1 aromatic rings. The fraction of sp³-hybridized carbons (Fsp3) is 0.667. The van der Waals surface area contributed by atoms with E-state index in [0.29, 0.717) is 35.5 Å². The van der Waals surface area contributed by atoms with Crippen LogP contribution in [0.5, 0.6) is 0 Å². The van der Waals surface area contributed by atoms with Crippen molar-refractivity contribution >= 4 is 15.8 Å². The third-order valence-corrected chi connectivity index (χ3v) is 5.88. The van der Waals surface area contributed by atoms with Crippen LogP contribution in [0, 0.1) is 17.7 Å². The molecule has 2 rings (SSSR count). The van der Waals surface area contributed by atoms with Crippen LogP contribution < -0.4 is 10.6 Å². The summed E-state index contributed by atoms with van der Waals surface area (Å²) in [5.74, 6) is 1.39. The van der Waals surface area contributed by atoms with E-state index in [1.54, 1.807) is 7.05 Å². The van der Waals surface area contributed by atoms with Crippen molar-refractivity contribution in [3.8, 4) is 0 Å². The number of guanidine groups is 1. The van der Waals surface area contributed by atoms with Gasteiger partial charge in [-0.25, -0.2) is 12.8 Å². The van der Waals surface area contributed by atoms with Gasteiger partial charge in [0, 0.05) is 39.5 Å². The molecule has 6 nitrogen and oxygen atoms in total. The summed E-state index contributed by atoms with van der Waals surface area (Å²) < 4.78 is 37.0. The lowest BCUT2D eigenvalue weighted by Crippen LogP contribution is -2.45. The maximum Gasteiger partial charge on any atom is 0.191 e. The van der Waals surface area contributed by atoms with Gasteiger partial charge in [0.25, 0.3) is 0 Å². The summed E-state index contributed by atoms with van der Waals surface area (Å²) in [5, 5.41) is 6.55. The molecule has 0 aliphatic carbocycles.